The Morgan fingerprint density at radius 3 is 2.48 bits per heavy atom. The zero-order valence-electron chi connectivity index (χ0n) is 18.2. The fourth-order valence-corrected chi connectivity index (χ4v) is 4.34. The quantitative estimate of drug-likeness (QED) is 0.463. The molecule has 0 aliphatic carbocycles. The first-order valence-corrected chi connectivity index (χ1v) is 11.6. The molecule has 0 spiro atoms. The third-order valence-corrected chi connectivity index (χ3v) is 6.25. The monoisotopic (exact) mass is 444 g/mol. The predicted octanol–water partition coefficient (Wildman–Crippen LogP) is 2.90. The van der Waals surface area contributed by atoms with Gasteiger partial charge in [0.15, 0.2) is 0 Å². The van der Waals surface area contributed by atoms with Gasteiger partial charge in [-0.1, -0.05) is 6.92 Å². The van der Waals surface area contributed by atoms with Crippen molar-refractivity contribution in [1.29, 1.82) is 0 Å². The van der Waals surface area contributed by atoms with Crippen LogP contribution in [-0.2, 0) is 27.7 Å². The molecule has 10 heteroatoms. The third kappa shape index (κ3) is 5.27. The number of aryl methyl sites for hydroxylation is 2. The summed E-state index contributed by atoms with van der Waals surface area (Å²) in [5.74, 6) is 1.45. The van der Waals surface area contributed by atoms with E-state index in [0.717, 1.165) is 35.9 Å². The van der Waals surface area contributed by atoms with Gasteiger partial charge in [-0.25, -0.2) is 28.1 Å². The smallest absolute Gasteiger partial charge is 0.240 e. The van der Waals surface area contributed by atoms with Crippen LogP contribution < -0.4 is 10.0 Å². The Morgan fingerprint density at radius 2 is 1.84 bits per heavy atom. The van der Waals surface area contributed by atoms with Crippen molar-refractivity contribution in [3.8, 4) is 11.4 Å². The number of methoxy groups -OCH3 is 1. The third-order valence-electron chi connectivity index (χ3n) is 4.77. The van der Waals surface area contributed by atoms with E-state index in [1.54, 1.807) is 18.3 Å². The van der Waals surface area contributed by atoms with Gasteiger partial charge in [-0.05, 0) is 44.2 Å². The van der Waals surface area contributed by atoms with Crippen molar-refractivity contribution in [2.24, 2.45) is 0 Å². The van der Waals surface area contributed by atoms with Crippen molar-refractivity contribution >= 4 is 21.7 Å². The first kappa shape index (κ1) is 22.9. The fraction of sp³-hybridized carbons (Fsp3) is 0.381. The lowest BCUT2D eigenvalue weighted by Crippen LogP contribution is -2.27. The highest BCUT2D eigenvalue weighted by molar-refractivity contribution is 7.89. The Hall–Kier alpha value is -2.82. The highest BCUT2D eigenvalue weighted by atomic mass is 32.2. The maximum atomic E-state index is 12.3. The number of ether oxygens (including phenoxy) is 1. The molecule has 1 aromatic carbocycles. The molecule has 2 heterocycles. The van der Waals surface area contributed by atoms with E-state index < -0.39 is 10.0 Å². The zero-order valence-corrected chi connectivity index (χ0v) is 19.0. The zero-order chi connectivity index (χ0) is 22.4. The van der Waals surface area contributed by atoms with Gasteiger partial charge in [-0.15, -0.1) is 0 Å². The first-order chi connectivity index (χ1) is 14.9. The van der Waals surface area contributed by atoms with Crippen molar-refractivity contribution in [3.05, 3.63) is 48.0 Å². The van der Waals surface area contributed by atoms with Crippen molar-refractivity contribution in [2.45, 2.75) is 38.6 Å². The van der Waals surface area contributed by atoms with Crippen LogP contribution in [0.25, 0.3) is 11.4 Å². The van der Waals surface area contributed by atoms with Crippen LogP contribution in [0.5, 0.6) is 0 Å². The topological polar surface area (TPSA) is 111 Å². The molecule has 0 saturated heterocycles. The number of aromatic nitrogens is 4. The maximum absolute atomic E-state index is 12.3. The predicted molar refractivity (Wildman–Crippen MR) is 120 cm³/mol. The minimum absolute atomic E-state index is 0.179. The van der Waals surface area contributed by atoms with Gasteiger partial charge in [0, 0.05) is 38.5 Å². The molecule has 0 unspecified atom stereocenters. The summed E-state index contributed by atoms with van der Waals surface area (Å²) in [7, 11) is -2.06. The normalized spacial score (nSPS) is 11.6. The number of sulfonamides is 1. The highest BCUT2D eigenvalue weighted by Crippen LogP contribution is 2.25. The molecule has 2 N–H and O–H groups in total. The van der Waals surface area contributed by atoms with Gasteiger partial charge < -0.3 is 14.6 Å². The molecule has 3 rings (SSSR count). The number of anilines is 2. The Balaban J connectivity index is 1.80. The lowest BCUT2D eigenvalue weighted by Gasteiger charge is -2.11. The Kier molecular flexibility index (Phi) is 7.37. The summed E-state index contributed by atoms with van der Waals surface area (Å²) in [5, 5.41) is 3.14. The molecule has 9 nitrogen and oxygen atoms in total. The van der Waals surface area contributed by atoms with Crippen LogP contribution in [0.2, 0.25) is 0 Å². The van der Waals surface area contributed by atoms with E-state index in [-0.39, 0.29) is 11.4 Å². The first-order valence-electron chi connectivity index (χ1n) is 10.1. The Bertz CT molecular complexity index is 1130. The molecular formula is C21H28N6O3S. The lowest BCUT2D eigenvalue weighted by molar-refractivity contribution is 0.204. The molecule has 0 bridgehead atoms. The second kappa shape index (κ2) is 9.99. The molecule has 31 heavy (non-hydrogen) atoms. The van der Waals surface area contributed by atoms with E-state index in [9.17, 15) is 8.42 Å². The van der Waals surface area contributed by atoms with Gasteiger partial charge in [0.05, 0.1) is 28.6 Å². The minimum Gasteiger partial charge on any atom is -0.383 e. The number of imidazole rings is 1. The van der Waals surface area contributed by atoms with Crippen LogP contribution in [0.15, 0.2) is 41.4 Å². The van der Waals surface area contributed by atoms with Gasteiger partial charge in [0.2, 0.25) is 16.0 Å². The second-order valence-corrected chi connectivity index (χ2v) is 8.63. The molecule has 0 radical (unpaired) electrons. The molecule has 166 valence electrons. The molecule has 0 aliphatic heterocycles. The summed E-state index contributed by atoms with van der Waals surface area (Å²) in [6.45, 7) is 7.48. The highest BCUT2D eigenvalue weighted by Gasteiger charge is 2.16. The molecule has 0 atom stereocenters. The fourth-order valence-electron chi connectivity index (χ4n) is 3.32. The van der Waals surface area contributed by atoms with E-state index >= 15 is 0 Å². The Morgan fingerprint density at radius 1 is 1.10 bits per heavy atom. The second-order valence-electron chi connectivity index (χ2n) is 6.87. The lowest BCUT2D eigenvalue weighted by atomic mass is 10.2. The van der Waals surface area contributed by atoms with Gasteiger partial charge in [0.1, 0.15) is 5.82 Å². The van der Waals surface area contributed by atoms with Gasteiger partial charge >= 0.3 is 0 Å². The van der Waals surface area contributed by atoms with E-state index in [0.29, 0.717) is 18.2 Å². The van der Waals surface area contributed by atoms with Gasteiger partial charge in [-0.2, -0.15) is 0 Å². The van der Waals surface area contributed by atoms with E-state index in [2.05, 4.69) is 43.4 Å². The number of hydrogen-bond donors (Lipinski definition) is 2. The van der Waals surface area contributed by atoms with Crippen molar-refractivity contribution in [2.75, 3.05) is 25.6 Å². The van der Waals surface area contributed by atoms with Crippen molar-refractivity contribution in [1.82, 2.24) is 24.2 Å². The molecule has 0 amide bonds. The van der Waals surface area contributed by atoms with Crippen LogP contribution in [-0.4, -0.2) is 48.2 Å². The van der Waals surface area contributed by atoms with Crippen LogP contribution in [0.4, 0.5) is 11.6 Å². The molecule has 0 aliphatic rings. The molecule has 3 aromatic rings. The largest absolute Gasteiger partial charge is 0.383 e. The van der Waals surface area contributed by atoms with Crippen molar-refractivity contribution < 1.29 is 13.2 Å². The number of rotatable bonds is 10. The summed E-state index contributed by atoms with van der Waals surface area (Å²) in [5.41, 5.74) is 3.38. The molecular weight excluding hydrogens is 416 g/mol. The standard InChI is InChI=1S/C21H28N6O3S/c1-5-19-24-15(3)20(27(19)6-2)18-11-12-22-21(26-18)25-16-7-9-17(10-8-16)31(28,29)23-13-14-30-4/h7-12,23H,5-6,13-14H2,1-4H3,(H,22,25,26). The summed E-state index contributed by atoms with van der Waals surface area (Å²) >= 11 is 0. The summed E-state index contributed by atoms with van der Waals surface area (Å²) < 4.78 is 34.1. The maximum Gasteiger partial charge on any atom is 0.240 e. The van der Waals surface area contributed by atoms with Crippen LogP contribution >= 0.6 is 0 Å². The summed E-state index contributed by atoms with van der Waals surface area (Å²) in [6.07, 6.45) is 2.54. The van der Waals surface area contributed by atoms with E-state index in [1.807, 2.05) is 13.0 Å². The summed E-state index contributed by atoms with van der Waals surface area (Å²) in [4.78, 5) is 13.8. The molecule has 0 fully saturated rings. The minimum atomic E-state index is -3.58. The van der Waals surface area contributed by atoms with Crippen LogP contribution in [0.3, 0.4) is 0 Å². The van der Waals surface area contributed by atoms with Gasteiger partial charge in [-0.3, -0.25) is 0 Å². The number of hydrogen-bond acceptors (Lipinski definition) is 7. The van der Waals surface area contributed by atoms with Crippen molar-refractivity contribution in [3.63, 3.8) is 0 Å². The molecule has 2 aromatic heterocycles. The number of benzene rings is 1. The molecule has 0 saturated carbocycles. The average Bonchev–Trinajstić information content (AvgIpc) is 3.10. The number of nitrogens with one attached hydrogen (secondary N) is 2. The Labute approximate surface area is 183 Å². The van der Waals surface area contributed by atoms with E-state index in [1.165, 1.54) is 19.2 Å². The number of nitrogens with zero attached hydrogens (tertiary/aromatic N) is 4. The van der Waals surface area contributed by atoms with Gasteiger partial charge in [0.25, 0.3) is 0 Å². The average molecular weight is 445 g/mol. The summed E-state index contributed by atoms with van der Waals surface area (Å²) in [6, 6.07) is 8.29. The van der Waals surface area contributed by atoms with E-state index in [4.69, 9.17) is 4.74 Å². The SMILES string of the molecule is CCc1nc(C)c(-c2ccnc(Nc3ccc(S(=O)(=O)NCCOC)cc3)n2)n1CC. The van der Waals surface area contributed by atoms with Crippen LogP contribution in [0.1, 0.15) is 25.4 Å². The van der Waals surface area contributed by atoms with Crippen LogP contribution in [0, 0.1) is 6.92 Å².